The first-order valence-electron chi connectivity index (χ1n) is 10.5. The first-order valence-corrected chi connectivity index (χ1v) is 10.5. The lowest BCUT2D eigenvalue weighted by atomic mass is 9.95. The molecule has 33 heavy (non-hydrogen) atoms. The Labute approximate surface area is 191 Å². The molecule has 0 spiro atoms. The minimum absolute atomic E-state index is 0.0301. The average molecular weight is 444 g/mol. The van der Waals surface area contributed by atoms with Gasteiger partial charge in [0.1, 0.15) is 18.1 Å². The number of ether oxygens (including phenoxy) is 2. The molecule has 1 aliphatic heterocycles. The summed E-state index contributed by atoms with van der Waals surface area (Å²) in [5.41, 5.74) is 2.12. The SMILES string of the molecule is COCCN1C(=O)C(=O)C(=C(O)c2ccncc2)C1c1cccc(OCc2ccccc2)c1. The standard InChI is InChI=1S/C26H24N2O5/c1-32-15-14-28-23(22(25(30)26(28)31)24(29)19-10-12-27-13-11-19)20-8-5-9-21(16-20)33-17-18-6-3-2-4-7-18/h2-13,16,23,29H,14-15,17H2,1H3. The lowest BCUT2D eigenvalue weighted by Crippen LogP contribution is -2.32. The van der Waals surface area contributed by atoms with Crippen molar-refractivity contribution in [2.24, 2.45) is 0 Å². The first-order chi connectivity index (χ1) is 16.1. The highest BCUT2D eigenvalue weighted by atomic mass is 16.5. The summed E-state index contributed by atoms with van der Waals surface area (Å²) >= 11 is 0. The molecule has 1 aromatic heterocycles. The summed E-state index contributed by atoms with van der Waals surface area (Å²) < 4.78 is 11.1. The van der Waals surface area contributed by atoms with Crippen molar-refractivity contribution in [3.05, 3.63) is 101 Å². The average Bonchev–Trinajstić information content (AvgIpc) is 3.12. The highest BCUT2D eigenvalue weighted by Crippen LogP contribution is 2.40. The number of Topliss-reactive ketones (excluding diaryl/α,β-unsaturated/α-hetero) is 1. The normalized spacial score (nSPS) is 17.4. The number of nitrogens with zero attached hydrogens (tertiary/aromatic N) is 2. The molecule has 4 rings (SSSR count). The summed E-state index contributed by atoms with van der Waals surface area (Å²) in [5, 5.41) is 11.0. The van der Waals surface area contributed by atoms with Crippen LogP contribution in [0.1, 0.15) is 22.7 Å². The van der Waals surface area contributed by atoms with E-state index < -0.39 is 17.7 Å². The Morgan fingerprint density at radius 1 is 1.03 bits per heavy atom. The number of rotatable bonds is 8. The van der Waals surface area contributed by atoms with Gasteiger partial charge in [0, 0.05) is 31.6 Å². The molecule has 7 heteroatoms. The van der Waals surface area contributed by atoms with Crippen LogP contribution in [0.4, 0.5) is 0 Å². The van der Waals surface area contributed by atoms with Crippen molar-refractivity contribution in [1.82, 2.24) is 9.88 Å². The fraction of sp³-hybridized carbons (Fsp3) is 0.192. The van der Waals surface area contributed by atoms with Crippen LogP contribution in [-0.4, -0.2) is 46.9 Å². The highest BCUT2D eigenvalue weighted by Gasteiger charge is 2.46. The number of hydrogen-bond donors (Lipinski definition) is 1. The van der Waals surface area contributed by atoms with E-state index in [9.17, 15) is 14.7 Å². The lowest BCUT2D eigenvalue weighted by molar-refractivity contribution is -0.140. The summed E-state index contributed by atoms with van der Waals surface area (Å²) in [6.07, 6.45) is 3.03. The topological polar surface area (TPSA) is 89.0 Å². The van der Waals surface area contributed by atoms with Gasteiger partial charge in [0.15, 0.2) is 0 Å². The van der Waals surface area contributed by atoms with E-state index >= 15 is 0 Å². The maximum atomic E-state index is 13.0. The van der Waals surface area contributed by atoms with Gasteiger partial charge in [-0.05, 0) is 35.4 Å². The predicted molar refractivity (Wildman–Crippen MR) is 122 cm³/mol. The minimum atomic E-state index is -0.770. The van der Waals surface area contributed by atoms with Crippen LogP contribution < -0.4 is 4.74 Å². The van der Waals surface area contributed by atoms with E-state index in [-0.39, 0.29) is 24.5 Å². The van der Waals surface area contributed by atoms with E-state index in [1.54, 1.807) is 24.3 Å². The molecule has 0 aliphatic carbocycles. The van der Waals surface area contributed by atoms with Gasteiger partial charge in [0.2, 0.25) is 0 Å². The maximum Gasteiger partial charge on any atom is 0.295 e. The number of carbonyl (C=O) groups is 2. The van der Waals surface area contributed by atoms with Crippen LogP contribution in [0.5, 0.6) is 5.75 Å². The van der Waals surface area contributed by atoms with Crippen LogP contribution in [0.25, 0.3) is 5.76 Å². The minimum Gasteiger partial charge on any atom is -0.507 e. The van der Waals surface area contributed by atoms with Crippen molar-refractivity contribution in [2.45, 2.75) is 12.6 Å². The summed E-state index contributed by atoms with van der Waals surface area (Å²) in [6, 6.07) is 19.4. The van der Waals surface area contributed by atoms with Crippen LogP contribution >= 0.6 is 0 Å². The van der Waals surface area contributed by atoms with E-state index in [1.807, 2.05) is 42.5 Å². The van der Waals surface area contributed by atoms with Gasteiger partial charge in [-0.1, -0.05) is 42.5 Å². The Bertz CT molecular complexity index is 1160. The van der Waals surface area contributed by atoms with Gasteiger partial charge in [-0.25, -0.2) is 0 Å². The number of likely N-dealkylation sites (tertiary alicyclic amines) is 1. The van der Waals surface area contributed by atoms with Crippen molar-refractivity contribution in [3.8, 4) is 5.75 Å². The molecular formula is C26H24N2O5. The van der Waals surface area contributed by atoms with Crippen molar-refractivity contribution in [2.75, 3.05) is 20.3 Å². The smallest absolute Gasteiger partial charge is 0.295 e. The fourth-order valence-electron chi connectivity index (χ4n) is 3.83. The van der Waals surface area contributed by atoms with E-state index in [0.717, 1.165) is 5.56 Å². The van der Waals surface area contributed by atoms with E-state index in [1.165, 1.54) is 24.4 Å². The van der Waals surface area contributed by atoms with Crippen molar-refractivity contribution in [1.29, 1.82) is 0 Å². The third-order valence-electron chi connectivity index (χ3n) is 5.45. The van der Waals surface area contributed by atoms with Crippen LogP contribution in [0.2, 0.25) is 0 Å². The Morgan fingerprint density at radius 3 is 2.52 bits per heavy atom. The van der Waals surface area contributed by atoms with E-state index in [2.05, 4.69) is 4.98 Å². The van der Waals surface area contributed by atoms with Crippen LogP contribution in [-0.2, 0) is 20.9 Å². The second kappa shape index (κ2) is 10.1. The van der Waals surface area contributed by atoms with E-state index in [4.69, 9.17) is 9.47 Å². The van der Waals surface area contributed by atoms with Crippen LogP contribution in [0.15, 0.2) is 84.7 Å². The number of methoxy groups -OCH3 is 1. The monoisotopic (exact) mass is 444 g/mol. The maximum absolute atomic E-state index is 13.0. The van der Waals surface area contributed by atoms with Gasteiger partial charge in [0.05, 0.1) is 18.2 Å². The van der Waals surface area contributed by atoms with Gasteiger partial charge >= 0.3 is 0 Å². The predicted octanol–water partition coefficient (Wildman–Crippen LogP) is 3.73. The molecule has 2 heterocycles. The summed E-state index contributed by atoms with van der Waals surface area (Å²) in [5.74, 6) is -1.06. The van der Waals surface area contributed by atoms with Gasteiger partial charge in [-0.2, -0.15) is 0 Å². The molecule has 0 bridgehead atoms. The number of aromatic nitrogens is 1. The molecule has 3 aromatic rings. The fourth-order valence-corrected chi connectivity index (χ4v) is 3.83. The van der Waals surface area contributed by atoms with Gasteiger partial charge in [-0.3, -0.25) is 14.6 Å². The molecular weight excluding hydrogens is 420 g/mol. The molecule has 168 valence electrons. The summed E-state index contributed by atoms with van der Waals surface area (Å²) in [7, 11) is 1.53. The molecule has 1 amide bonds. The largest absolute Gasteiger partial charge is 0.507 e. The number of aliphatic hydroxyl groups is 1. The molecule has 1 unspecified atom stereocenters. The second-order valence-electron chi connectivity index (χ2n) is 7.57. The van der Waals surface area contributed by atoms with Crippen molar-refractivity contribution in [3.63, 3.8) is 0 Å². The second-order valence-corrected chi connectivity index (χ2v) is 7.57. The Kier molecular flexibility index (Phi) is 6.80. The Hall–Kier alpha value is -3.97. The molecule has 0 saturated carbocycles. The quantitative estimate of drug-likeness (QED) is 0.324. The summed E-state index contributed by atoms with van der Waals surface area (Å²) in [6.45, 7) is 0.835. The number of pyridine rings is 1. The molecule has 1 atom stereocenters. The number of aliphatic hydroxyl groups excluding tert-OH is 1. The van der Waals surface area contributed by atoms with Gasteiger partial charge in [-0.15, -0.1) is 0 Å². The molecule has 1 saturated heterocycles. The molecule has 7 nitrogen and oxygen atoms in total. The number of hydrogen-bond acceptors (Lipinski definition) is 6. The molecule has 1 aliphatic rings. The van der Waals surface area contributed by atoms with Crippen LogP contribution in [0, 0.1) is 0 Å². The van der Waals surface area contributed by atoms with Gasteiger partial charge < -0.3 is 19.5 Å². The van der Waals surface area contributed by atoms with E-state index in [0.29, 0.717) is 23.5 Å². The zero-order chi connectivity index (χ0) is 23.2. The number of amides is 1. The molecule has 1 fully saturated rings. The third-order valence-corrected chi connectivity index (χ3v) is 5.45. The zero-order valence-corrected chi connectivity index (χ0v) is 18.2. The highest BCUT2D eigenvalue weighted by molar-refractivity contribution is 6.46. The summed E-state index contributed by atoms with van der Waals surface area (Å²) in [4.78, 5) is 31.2. The first kappa shape index (κ1) is 22.2. The van der Waals surface area contributed by atoms with Crippen molar-refractivity contribution < 1.29 is 24.2 Å². The number of ketones is 1. The Morgan fingerprint density at radius 2 is 1.79 bits per heavy atom. The lowest BCUT2D eigenvalue weighted by Gasteiger charge is -2.25. The number of carbonyl (C=O) groups excluding carboxylic acids is 2. The third kappa shape index (κ3) is 4.78. The van der Waals surface area contributed by atoms with Gasteiger partial charge in [0.25, 0.3) is 11.7 Å². The molecule has 2 aromatic carbocycles. The molecule has 0 radical (unpaired) electrons. The van der Waals surface area contributed by atoms with Crippen LogP contribution in [0.3, 0.4) is 0 Å². The Balaban J connectivity index is 1.72. The van der Waals surface area contributed by atoms with Crippen molar-refractivity contribution >= 4 is 17.4 Å². The molecule has 1 N–H and O–H groups in total. The zero-order valence-electron chi connectivity index (χ0n) is 18.2. The number of benzene rings is 2.